The molecule has 2 aliphatic rings. The summed E-state index contributed by atoms with van der Waals surface area (Å²) in [6, 6.07) is 3.75. The van der Waals surface area contributed by atoms with Crippen molar-refractivity contribution < 1.29 is 13.9 Å². The molecule has 0 unspecified atom stereocenters. The van der Waals surface area contributed by atoms with E-state index >= 15 is 0 Å². The lowest BCUT2D eigenvalue weighted by atomic mass is 9.67. The second kappa shape index (κ2) is 5.19. The van der Waals surface area contributed by atoms with Crippen LogP contribution in [-0.2, 0) is 16.9 Å². The predicted octanol–water partition coefficient (Wildman–Crippen LogP) is 2.00. The number of likely N-dealkylation sites (tertiary alicyclic amines) is 1. The quantitative estimate of drug-likeness (QED) is 0.932. The van der Waals surface area contributed by atoms with E-state index < -0.39 is 5.54 Å². The Morgan fingerprint density at radius 1 is 1.48 bits per heavy atom. The van der Waals surface area contributed by atoms with Gasteiger partial charge in [-0.15, -0.1) is 10.2 Å². The second-order valence-corrected chi connectivity index (χ2v) is 6.39. The minimum absolute atomic E-state index is 0.00629. The summed E-state index contributed by atoms with van der Waals surface area (Å²) in [5, 5.41) is 8.27. The molecule has 1 amide bonds. The predicted molar refractivity (Wildman–Crippen MR) is 80.6 cm³/mol. The molecule has 2 aromatic heterocycles. The summed E-state index contributed by atoms with van der Waals surface area (Å²) in [5.41, 5.74) is 1.16. The highest BCUT2D eigenvalue weighted by Gasteiger charge is 2.61. The minimum atomic E-state index is -0.435. The Kier molecular flexibility index (Phi) is 3.26. The van der Waals surface area contributed by atoms with E-state index in [4.69, 9.17) is 9.15 Å². The van der Waals surface area contributed by atoms with Crippen molar-refractivity contribution in [3.63, 3.8) is 0 Å². The first kappa shape index (κ1) is 14.4. The first-order valence-corrected chi connectivity index (χ1v) is 7.94. The molecule has 4 rings (SSSR count). The van der Waals surface area contributed by atoms with E-state index in [0.29, 0.717) is 23.4 Å². The van der Waals surface area contributed by atoms with Crippen molar-refractivity contribution in [2.45, 2.75) is 38.3 Å². The first-order chi connectivity index (χ1) is 11.1. The lowest BCUT2D eigenvalue weighted by Gasteiger charge is -2.46. The fourth-order valence-corrected chi connectivity index (χ4v) is 3.91. The van der Waals surface area contributed by atoms with Gasteiger partial charge in [-0.1, -0.05) is 0 Å². The van der Waals surface area contributed by atoms with Crippen LogP contribution in [0.1, 0.15) is 47.2 Å². The summed E-state index contributed by atoms with van der Waals surface area (Å²) >= 11 is 0. The maximum atomic E-state index is 12.9. The molecule has 1 N–H and O–H groups in total. The third-order valence-corrected chi connectivity index (χ3v) is 5.14. The van der Waals surface area contributed by atoms with Crippen molar-refractivity contribution in [2.24, 2.45) is 5.92 Å². The number of aromatic nitrogens is 3. The number of carbonyl (C=O) groups excluding carboxylic acids is 1. The van der Waals surface area contributed by atoms with Crippen LogP contribution in [0.2, 0.25) is 0 Å². The standard InChI is InChI=1S/C16H20N4O3/c1-10-3-4-12(17-10)14(21)20-8-6-11-5-7-16(11,20)15-19-18-13(23-15)9-22-2/h3-4,11,17H,5-9H2,1-2H3/t11-,16-/m0/s1. The number of H-pyrrole nitrogens is 1. The molecule has 1 aliphatic heterocycles. The highest BCUT2D eigenvalue weighted by atomic mass is 16.5. The Hall–Kier alpha value is -2.15. The fraction of sp³-hybridized carbons (Fsp3) is 0.562. The molecular weight excluding hydrogens is 296 g/mol. The molecule has 0 bridgehead atoms. The molecule has 2 fully saturated rings. The lowest BCUT2D eigenvalue weighted by molar-refractivity contribution is -0.00491. The zero-order valence-corrected chi connectivity index (χ0v) is 13.3. The third-order valence-electron chi connectivity index (χ3n) is 5.14. The highest BCUT2D eigenvalue weighted by Crippen LogP contribution is 2.56. The largest absolute Gasteiger partial charge is 0.420 e. The number of methoxy groups -OCH3 is 1. The van der Waals surface area contributed by atoms with Crippen LogP contribution in [0.4, 0.5) is 0 Å². The number of hydrogen-bond donors (Lipinski definition) is 1. The maximum absolute atomic E-state index is 12.9. The summed E-state index contributed by atoms with van der Waals surface area (Å²) in [4.78, 5) is 18.0. The molecule has 122 valence electrons. The van der Waals surface area contributed by atoms with Crippen molar-refractivity contribution in [1.29, 1.82) is 0 Å². The zero-order valence-electron chi connectivity index (χ0n) is 13.3. The van der Waals surface area contributed by atoms with Gasteiger partial charge in [0.2, 0.25) is 11.8 Å². The number of nitrogens with zero attached hydrogens (tertiary/aromatic N) is 3. The summed E-state index contributed by atoms with van der Waals surface area (Å²) < 4.78 is 10.8. The van der Waals surface area contributed by atoms with Crippen LogP contribution in [0, 0.1) is 12.8 Å². The van der Waals surface area contributed by atoms with Crippen LogP contribution in [0.5, 0.6) is 0 Å². The number of fused-ring (bicyclic) bond motifs is 1. The minimum Gasteiger partial charge on any atom is -0.420 e. The average molecular weight is 316 g/mol. The van der Waals surface area contributed by atoms with Crippen LogP contribution in [0.15, 0.2) is 16.5 Å². The van der Waals surface area contributed by atoms with Gasteiger partial charge < -0.3 is 19.0 Å². The van der Waals surface area contributed by atoms with Gasteiger partial charge in [0, 0.05) is 19.3 Å². The molecule has 23 heavy (non-hydrogen) atoms. The van der Waals surface area contributed by atoms with Crippen molar-refractivity contribution in [3.8, 4) is 0 Å². The van der Waals surface area contributed by atoms with Gasteiger partial charge in [0.25, 0.3) is 5.91 Å². The molecule has 2 aromatic rings. The summed E-state index contributed by atoms with van der Waals surface area (Å²) in [7, 11) is 1.59. The number of ether oxygens (including phenoxy) is 1. The van der Waals surface area contributed by atoms with Gasteiger partial charge >= 0.3 is 0 Å². The van der Waals surface area contributed by atoms with Crippen LogP contribution >= 0.6 is 0 Å². The molecule has 1 saturated heterocycles. The number of hydrogen-bond acceptors (Lipinski definition) is 5. The van der Waals surface area contributed by atoms with Gasteiger partial charge in [-0.3, -0.25) is 4.79 Å². The topological polar surface area (TPSA) is 84.3 Å². The smallest absolute Gasteiger partial charge is 0.271 e. The number of rotatable bonds is 4. The SMILES string of the molecule is COCc1nnc([C@]23CC[C@H]2CCN3C(=O)c2ccc(C)[nH]2)o1. The molecule has 1 aliphatic carbocycles. The molecular formula is C16H20N4O3. The normalized spacial score (nSPS) is 26.2. The van der Waals surface area contributed by atoms with Crippen molar-refractivity contribution in [3.05, 3.63) is 35.3 Å². The number of nitrogens with one attached hydrogen (secondary N) is 1. The lowest BCUT2D eigenvalue weighted by Crippen LogP contribution is -2.54. The van der Waals surface area contributed by atoms with Crippen molar-refractivity contribution in [2.75, 3.05) is 13.7 Å². The Labute approximate surface area is 134 Å². The van der Waals surface area contributed by atoms with E-state index in [1.54, 1.807) is 7.11 Å². The molecule has 0 spiro atoms. The molecule has 0 aromatic carbocycles. The molecule has 7 nitrogen and oxygen atoms in total. The maximum Gasteiger partial charge on any atom is 0.271 e. The third kappa shape index (κ3) is 2.03. The van der Waals surface area contributed by atoms with Crippen molar-refractivity contribution in [1.82, 2.24) is 20.1 Å². The van der Waals surface area contributed by atoms with Crippen LogP contribution in [0.25, 0.3) is 0 Å². The van der Waals surface area contributed by atoms with Crippen LogP contribution < -0.4 is 0 Å². The van der Waals surface area contributed by atoms with Gasteiger partial charge in [-0.25, -0.2) is 0 Å². The molecule has 0 radical (unpaired) electrons. The number of aromatic amines is 1. The Morgan fingerprint density at radius 3 is 3.00 bits per heavy atom. The van der Waals surface area contributed by atoms with Gasteiger partial charge in [0.1, 0.15) is 17.8 Å². The molecule has 7 heteroatoms. The number of carbonyl (C=O) groups is 1. The van der Waals surface area contributed by atoms with Gasteiger partial charge in [0.15, 0.2) is 0 Å². The summed E-state index contributed by atoms with van der Waals surface area (Å²) in [6.45, 7) is 2.96. The molecule has 1 saturated carbocycles. The Bertz CT molecular complexity index is 737. The highest BCUT2D eigenvalue weighted by molar-refractivity contribution is 5.93. The summed E-state index contributed by atoms with van der Waals surface area (Å²) in [5.74, 6) is 1.41. The molecule has 3 heterocycles. The van der Waals surface area contributed by atoms with Gasteiger partial charge in [0.05, 0.1) is 0 Å². The molecule has 2 atom stereocenters. The van der Waals surface area contributed by atoms with Crippen LogP contribution in [-0.4, -0.2) is 39.6 Å². The van der Waals surface area contributed by atoms with Gasteiger partial charge in [-0.05, 0) is 44.2 Å². The zero-order chi connectivity index (χ0) is 16.0. The van der Waals surface area contributed by atoms with E-state index in [1.807, 2.05) is 24.0 Å². The van der Waals surface area contributed by atoms with E-state index in [2.05, 4.69) is 15.2 Å². The van der Waals surface area contributed by atoms with Crippen LogP contribution in [0.3, 0.4) is 0 Å². The van der Waals surface area contributed by atoms with E-state index in [0.717, 1.165) is 31.5 Å². The Morgan fingerprint density at radius 2 is 2.35 bits per heavy atom. The van der Waals surface area contributed by atoms with E-state index in [-0.39, 0.29) is 12.5 Å². The first-order valence-electron chi connectivity index (χ1n) is 7.94. The van der Waals surface area contributed by atoms with Gasteiger partial charge in [-0.2, -0.15) is 0 Å². The number of aryl methyl sites for hydroxylation is 1. The monoisotopic (exact) mass is 316 g/mol. The van der Waals surface area contributed by atoms with Crippen molar-refractivity contribution >= 4 is 5.91 Å². The number of amides is 1. The van der Waals surface area contributed by atoms with E-state index in [9.17, 15) is 4.79 Å². The summed E-state index contributed by atoms with van der Waals surface area (Å²) in [6.07, 6.45) is 2.95. The Balaban J connectivity index is 1.68. The van der Waals surface area contributed by atoms with E-state index in [1.165, 1.54) is 0 Å². The fourth-order valence-electron chi connectivity index (χ4n) is 3.91. The average Bonchev–Trinajstić information content (AvgIpc) is 3.19. The second-order valence-electron chi connectivity index (χ2n) is 6.39.